The molecule has 2 atom stereocenters. The van der Waals surface area contributed by atoms with Gasteiger partial charge in [0.2, 0.25) is 11.6 Å². The largest absolute Gasteiger partial charge is 0.384 e. The van der Waals surface area contributed by atoms with Crippen LogP contribution >= 0.6 is 0 Å². The Morgan fingerprint density at radius 3 is 2.24 bits per heavy atom. The van der Waals surface area contributed by atoms with Crippen molar-refractivity contribution in [3.63, 3.8) is 0 Å². The predicted octanol–water partition coefficient (Wildman–Crippen LogP) is 0.467. The van der Waals surface area contributed by atoms with E-state index < -0.39 is 11.2 Å². The SMILES string of the molecule is CC[C@](C)(O)c1c([C@](C)(O)CC)nnn1-c1nonc1N. The first-order chi connectivity index (χ1) is 9.74. The summed E-state index contributed by atoms with van der Waals surface area (Å²) in [6, 6.07) is 0. The van der Waals surface area contributed by atoms with Gasteiger partial charge in [-0.15, -0.1) is 5.10 Å². The number of nitrogen functional groups attached to an aromatic ring is 1. The number of aliphatic hydroxyl groups is 2. The summed E-state index contributed by atoms with van der Waals surface area (Å²) in [4.78, 5) is 0. The zero-order chi connectivity index (χ0) is 15.8. The maximum absolute atomic E-state index is 10.7. The van der Waals surface area contributed by atoms with Crippen LogP contribution in [0.3, 0.4) is 0 Å². The number of anilines is 1. The molecule has 0 bridgehead atoms. The molecule has 0 aliphatic rings. The van der Waals surface area contributed by atoms with Gasteiger partial charge in [0.05, 0.1) is 0 Å². The third-order valence-electron chi connectivity index (χ3n) is 3.76. The summed E-state index contributed by atoms with van der Waals surface area (Å²) in [5.41, 5.74) is 3.76. The molecule has 0 saturated heterocycles. The van der Waals surface area contributed by atoms with Crippen molar-refractivity contribution in [2.24, 2.45) is 0 Å². The van der Waals surface area contributed by atoms with Crippen molar-refractivity contribution in [3.05, 3.63) is 11.4 Å². The molecule has 116 valence electrons. The molecule has 9 nitrogen and oxygen atoms in total. The molecular formula is C12H20N6O3. The van der Waals surface area contributed by atoms with Crippen molar-refractivity contribution in [1.82, 2.24) is 25.3 Å². The van der Waals surface area contributed by atoms with Crippen LogP contribution in [0.5, 0.6) is 0 Å². The molecule has 0 unspecified atom stereocenters. The van der Waals surface area contributed by atoms with Crippen LogP contribution < -0.4 is 5.73 Å². The van der Waals surface area contributed by atoms with Crippen LogP contribution in [0.25, 0.3) is 5.82 Å². The highest BCUT2D eigenvalue weighted by molar-refractivity contribution is 5.46. The van der Waals surface area contributed by atoms with Crippen LogP contribution in [0.2, 0.25) is 0 Å². The lowest BCUT2D eigenvalue weighted by Crippen LogP contribution is -2.31. The number of rotatable bonds is 5. The van der Waals surface area contributed by atoms with E-state index in [-0.39, 0.29) is 17.3 Å². The topological polar surface area (TPSA) is 136 Å². The minimum Gasteiger partial charge on any atom is -0.384 e. The van der Waals surface area contributed by atoms with Crippen LogP contribution in [-0.4, -0.2) is 35.5 Å². The van der Waals surface area contributed by atoms with E-state index >= 15 is 0 Å². The highest BCUT2D eigenvalue weighted by Crippen LogP contribution is 2.35. The van der Waals surface area contributed by atoms with Gasteiger partial charge in [-0.1, -0.05) is 19.1 Å². The van der Waals surface area contributed by atoms with Crippen molar-refractivity contribution in [2.45, 2.75) is 51.7 Å². The summed E-state index contributed by atoms with van der Waals surface area (Å²) in [5.74, 6) is 0.153. The molecule has 0 aromatic carbocycles. The van der Waals surface area contributed by atoms with Gasteiger partial charge in [0.15, 0.2) is 0 Å². The molecule has 2 heterocycles. The van der Waals surface area contributed by atoms with Crippen molar-refractivity contribution in [1.29, 1.82) is 0 Å². The monoisotopic (exact) mass is 296 g/mol. The highest BCUT2D eigenvalue weighted by atomic mass is 16.6. The van der Waals surface area contributed by atoms with Crippen molar-refractivity contribution < 1.29 is 14.8 Å². The lowest BCUT2D eigenvalue weighted by Gasteiger charge is -2.27. The molecule has 0 aliphatic carbocycles. The first-order valence-corrected chi connectivity index (χ1v) is 6.74. The maximum Gasteiger partial charge on any atom is 0.243 e. The third kappa shape index (κ3) is 2.49. The Balaban J connectivity index is 2.72. The fraction of sp³-hybridized carbons (Fsp3) is 0.667. The summed E-state index contributed by atoms with van der Waals surface area (Å²) in [6.07, 6.45) is 0.795. The molecule has 0 fully saturated rings. The van der Waals surface area contributed by atoms with Crippen LogP contribution in [0.1, 0.15) is 51.9 Å². The van der Waals surface area contributed by atoms with E-state index in [0.29, 0.717) is 18.5 Å². The molecule has 0 saturated carbocycles. The Hall–Kier alpha value is -2.00. The Labute approximate surface area is 121 Å². The second-order valence-electron chi connectivity index (χ2n) is 5.43. The van der Waals surface area contributed by atoms with E-state index in [9.17, 15) is 10.2 Å². The average molecular weight is 296 g/mol. The number of hydrogen-bond donors (Lipinski definition) is 3. The fourth-order valence-electron chi connectivity index (χ4n) is 1.95. The van der Waals surface area contributed by atoms with Gasteiger partial charge in [0, 0.05) is 0 Å². The molecule has 0 amide bonds. The second kappa shape index (κ2) is 5.08. The Kier molecular flexibility index (Phi) is 3.72. The number of aromatic nitrogens is 5. The van der Waals surface area contributed by atoms with Gasteiger partial charge >= 0.3 is 0 Å². The number of hydrogen-bond acceptors (Lipinski definition) is 8. The van der Waals surface area contributed by atoms with E-state index in [1.54, 1.807) is 13.8 Å². The fourth-order valence-corrected chi connectivity index (χ4v) is 1.95. The smallest absolute Gasteiger partial charge is 0.243 e. The van der Waals surface area contributed by atoms with Crippen molar-refractivity contribution in [3.8, 4) is 5.82 Å². The summed E-state index contributed by atoms with van der Waals surface area (Å²) in [6.45, 7) is 6.85. The highest BCUT2D eigenvalue weighted by Gasteiger charge is 2.39. The second-order valence-corrected chi connectivity index (χ2v) is 5.43. The Morgan fingerprint density at radius 1 is 1.14 bits per heavy atom. The zero-order valence-corrected chi connectivity index (χ0v) is 12.5. The van der Waals surface area contributed by atoms with E-state index in [0.717, 1.165) is 0 Å². The molecular weight excluding hydrogens is 276 g/mol. The normalized spacial score (nSPS) is 17.4. The van der Waals surface area contributed by atoms with Crippen LogP contribution in [-0.2, 0) is 11.2 Å². The molecule has 9 heteroatoms. The Morgan fingerprint density at radius 2 is 1.76 bits per heavy atom. The summed E-state index contributed by atoms with van der Waals surface area (Å²) >= 11 is 0. The molecule has 2 aromatic rings. The van der Waals surface area contributed by atoms with Crippen molar-refractivity contribution in [2.75, 3.05) is 5.73 Å². The Bertz CT molecular complexity index is 631. The van der Waals surface area contributed by atoms with Gasteiger partial charge in [0.25, 0.3) is 0 Å². The van der Waals surface area contributed by atoms with E-state index in [4.69, 9.17) is 5.73 Å². The summed E-state index contributed by atoms with van der Waals surface area (Å²) < 4.78 is 5.82. The van der Waals surface area contributed by atoms with Crippen LogP contribution in [0, 0.1) is 0 Å². The molecule has 0 aliphatic heterocycles. The van der Waals surface area contributed by atoms with Crippen molar-refractivity contribution >= 4 is 5.82 Å². The van der Waals surface area contributed by atoms with E-state index in [1.807, 2.05) is 13.8 Å². The minimum atomic E-state index is -1.27. The number of nitrogens with two attached hydrogens (primary N) is 1. The first kappa shape index (κ1) is 15.4. The van der Waals surface area contributed by atoms with Gasteiger partial charge in [-0.3, -0.25) is 0 Å². The maximum atomic E-state index is 10.7. The average Bonchev–Trinajstić information content (AvgIpc) is 3.04. The van der Waals surface area contributed by atoms with E-state index in [2.05, 4.69) is 25.3 Å². The zero-order valence-electron chi connectivity index (χ0n) is 12.5. The van der Waals surface area contributed by atoms with Crippen LogP contribution in [0.15, 0.2) is 4.63 Å². The van der Waals surface area contributed by atoms with Crippen LogP contribution in [0.4, 0.5) is 5.82 Å². The lowest BCUT2D eigenvalue weighted by atomic mass is 9.89. The number of nitrogens with zero attached hydrogens (tertiary/aromatic N) is 5. The molecule has 2 rings (SSSR count). The first-order valence-electron chi connectivity index (χ1n) is 6.74. The van der Waals surface area contributed by atoms with Gasteiger partial charge in [0.1, 0.15) is 22.6 Å². The lowest BCUT2D eigenvalue weighted by molar-refractivity contribution is 0.0211. The molecule has 0 spiro atoms. The van der Waals surface area contributed by atoms with Gasteiger partial charge in [-0.2, -0.15) is 4.68 Å². The quantitative estimate of drug-likeness (QED) is 0.724. The molecule has 0 radical (unpaired) electrons. The molecule has 21 heavy (non-hydrogen) atoms. The van der Waals surface area contributed by atoms with Gasteiger partial charge in [-0.25, -0.2) is 4.63 Å². The minimum absolute atomic E-state index is 0.0238. The van der Waals surface area contributed by atoms with Gasteiger partial charge in [-0.05, 0) is 37.0 Å². The van der Waals surface area contributed by atoms with E-state index in [1.165, 1.54) is 4.68 Å². The summed E-state index contributed by atoms with van der Waals surface area (Å²) in [5, 5.41) is 36.3. The predicted molar refractivity (Wildman–Crippen MR) is 73.4 cm³/mol. The molecule has 4 N–H and O–H groups in total. The standard InChI is InChI=1S/C12H20N6O3/c1-5-11(3,19)7-8(12(4,20)6-2)18(17-14-7)10-9(13)15-21-16-10/h19-20H,5-6H2,1-4H3,(H2,13,15)/t11-,12+/m1/s1. The van der Waals surface area contributed by atoms with Gasteiger partial charge < -0.3 is 15.9 Å². The third-order valence-corrected chi connectivity index (χ3v) is 3.76. The summed E-state index contributed by atoms with van der Waals surface area (Å²) in [7, 11) is 0. The molecule has 2 aromatic heterocycles.